The van der Waals surface area contributed by atoms with Gasteiger partial charge in [0.15, 0.2) is 0 Å². The summed E-state index contributed by atoms with van der Waals surface area (Å²) >= 11 is 0. The smallest absolute Gasteiger partial charge is 0.129 e. The maximum absolute atomic E-state index is 5.53. The molecule has 0 aliphatic heterocycles. The van der Waals surface area contributed by atoms with Crippen molar-refractivity contribution in [3.05, 3.63) is 35.9 Å². The third kappa shape index (κ3) is 6.96. The lowest BCUT2D eigenvalue weighted by Crippen LogP contribution is -2.17. The van der Waals surface area contributed by atoms with Gasteiger partial charge in [-0.15, -0.1) is 5.54 Å². The molecule has 94 valence electrons. The van der Waals surface area contributed by atoms with Crippen molar-refractivity contribution >= 4 is 8.07 Å². The molecular weight excluding hydrogens is 236 g/mol. The van der Waals surface area contributed by atoms with Gasteiger partial charge >= 0.3 is 0 Å². The Labute approximate surface area is 112 Å². The topological polar surface area (TPSA) is 9.23 Å². The van der Waals surface area contributed by atoms with Crippen LogP contribution >= 0.6 is 0 Å². The second-order valence-electron chi connectivity index (χ2n) is 5.14. The maximum atomic E-state index is 5.53. The lowest BCUT2D eigenvalue weighted by molar-refractivity contribution is 0.134. The first-order valence-electron chi connectivity index (χ1n) is 6.15. The van der Waals surface area contributed by atoms with E-state index in [1.807, 2.05) is 37.3 Å². The fourth-order valence-electron chi connectivity index (χ4n) is 1.22. The van der Waals surface area contributed by atoms with E-state index in [1.165, 1.54) is 0 Å². The van der Waals surface area contributed by atoms with Gasteiger partial charge in [0.25, 0.3) is 0 Å². The number of hydrogen-bond donors (Lipinski definition) is 0. The van der Waals surface area contributed by atoms with Crippen LogP contribution < -0.4 is 0 Å². The summed E-state index contributed by atoms with van der Waals surface area (Å²) in [5, 5.41) is 0. The lowest BCUT2D eigenvalue weighted by Gasteiger charge is -2.05. The molecule has 2 heteroatoms. The Hall–Kier alpha value is -1.48. The van der Waals surface area contributed by atoms with Crippen molar-refractivity contribution in [3.8, 4) is 23.3 Å². The zero-order chi connectivity index (χ0) is 13.4. The summed E-state index contributed by atoms with van der Waals surface area (Å²) in [6.07, 6.45) is -0.0823. The van der Waals surface area contributed by atoms with E-state index in [1.54, 1.807) is 0 Å². The fourth-order valence-corrected chi connectivity index (χ4v) is 1.82. The molecule has 1 atom stereocenters. The highest BCUT2D eigenvalue weighted by Crippen LogP contribution is 1.97. The molecule has 1 rings (SSSR count). The van der Waals surface area contributed by atoms with Crippen molar-refractivity contribution in [1.82, 2.24) is 0 Å². The highest BCUT2D eigenvalue weighted by molar-refractivity contribution is 6.83. The molecule has 0 heterocycles. The van der Waals surface area contributed by atoms with Crippen molar-refractivity contribution < 1.29 is 4.74 Å². The van der Waals surface area contributed by atoms with Crippen molar-refractivity contribution in [2.75, 3.05) is 6.61 Å². The van der Waals surface area contributed by atoms with Gasteiger partial charge in [0.1, 0.15) is 20.8 Å². The van der Waals surface area contributed by atoms with Crippen LogP contribution in [0.5, 0.6) is 0 Å². The summed E-state index contributed by atoms with van der Waals surface area (Å²) < 4.78 is 5.53. The zero-order valence-electron chi connectivity index (χ0n) is 11.6. The zero-order valence-corrected chi connectivity index (χ0v) is 12.6. The fraction of sp³-hybridized carbons (Fsp3) is 0.375. The highest BCUT2D eigenvalue weighted by atomic mass is 28.3. The molecule has 0 aromatic heterocycles. The Morgan fingerprint density at radius 3 is 2.44 bits per heavy atom. The monoisotopic (exact) mass is 256 g/mol. The first kappa shape index (κ1) is 14.6. The van der Waals surface area contributed by atoms with Gasteiger partial charge in [-0.2, -0.15) is 0 Å². The summed E-state index contributed by atoms with van der Waals surface area (Å²) in [7, 11) is -1.28. The highest BCUT2D eigenvalue weighted by Gasteiger charge is 2.07. The van der Waals surface area contributed by atoms with Gasteiger partial charge in [-0.05, 0) is 19.1 Å². The van der Waals surface area contributed by atoms with E-state index in [9.17, 15) is 0 Å². The number of hydrogen-bond acceptors (Lipinski definition) is 1. The van der Waals surface area contributed by atoms with Crippen LogP contribution in [0.2, 0.25) is 19.6 Å². The van der Waals surface area contributed by atoms with Crippen molar-refractivity contribution in [3.63, 3.8) is 0 Å². The number of benzene rings is 1. The molecule has 0 spiro atoms. The van der Waals surface area contributed by atoms with Gasteiger partial charge < -0.3 is 4.74 Å². The first-order chi connectivity index (χ1) is 8.47. The molecule has 0 saturated carbocycles. The van der Waals surface area contributed by atoms with E-state index >= 15 is 0 Å². The number of rotatable bonds is 2. The van der Waals surface area contributed by atoms with Gasteiger partial charge in [0, 0.05) is 5.56 Å². The van der Waals surface area contributed by atoms with Gasteiger partial charge in [-0.25, -0.2) is 0 Å². The molecule has 18 heavy (non-hydrogen) atoms. The largest absolute Gasteiger partial charge is 0.353 e. The minimum atomic E-state index is -1.28. The maximum Gasteiger partial charge on any atom is 0.129 e. The van der Waals surface area contributed by atoms with E-state index < -0.39 is 8.07 Å². The molecule has 0 bridgehead atoms. The second kappa shape index (κ2) is 7.06. The van der Waals surface area contributed by atoms with Crippen molar-refractivity contribution in [2.45, 2.75) is 32.7 Å². The molecule has 1 nitrogen and oxygen atoms in total. The molecular formula is C16H20OSi. The van der Waals surface area contributed by atoms with Gasteiger partial charge in [0.2, 0.25) is 0 Å². The SMILES string of the molecule is CC(C#Cc1ccccc1)OCC#C[Si](C)(C)C. The molecule has 1 aromatic carbocycles. The van der Waals surface area contributed by atoms with E-state index in [0.29, 0.717) is 6.61 Å². The van der Waals surface area contributed by atoms with Crippen LogP contribution in [0.3, 0.4) is 0 Å². The molecule has 0 fully saturated rings. The quantitative estimate of drug-likeness (QED) is 0.582. The minimum Gasteiger partial charge on any atom is -0.353 e. The standard InChI is InChI=1S/C16H20OSi/c1-15(17-13-8-14-18(2,3)4)11-12-16-9-6-5-7-10-16/h5-7,9-10,15H,13H2,1-4H3. The van der Waals surface area contributed by atoms with Gasteiger partial charge in [0.05, 0.1) is 0 Å². The van der Waals surface area contributed by atoms with Crippen molar-refractivity contribution in [1.29, 1.82) is 0 Å². The van der Waals surface area contributed by atoms with E-state index in [0.717, 1.165) is 5.56 Å². The summed E-state index contributed by atoms with van der Waals surface area (Å²) in [6, 6.07) is 9.93. The van der Waals surface area contributed by atoms with E-state index in [-0.39, 0.29) is 6.10 Å². The third-order valence-electron chi connectivity index (χ3n) is 2.06. The van der Waals surface area contributed by atoms with Crippen molar-refractivity contribution in [2.24, 2.45) is 0 Å². The average molecular weight is 256 g/mol. The summed E-state index contributed by atoms with van der Waals surface area (Å²) in [4.78, 5) is 0. The minimum absolute atomic E-state index is 0.0823. The molecule has 0 aliphatic rings. The molecule has 1 unspecified atom stereocenters. The van der Waals surface area contributed by atoms with Gasteiger partial charge in [-0.3, -0.25) is 0 Å². The predicted octanol–water partition coefficient (Wildman–Crippen LogP) is 3.32. The third-order valence-corrected chi connectivity index (χ3v) is 2.99. The summed E-state index contributed by atoms with van der Waals surface area (Å²) in [6.45, 7) is 9.08. The predicted molar refractivity (Wildman–Crippen MR) is 79.9 cm³/mol. The van der Waals surface area contributed by atoms with Crippen LogP contribution in [-0.4, -0.2) is 20.8 Å². The van der Waals surface area contributed by atoms with Crippen LogP contribution in [0.4, 0.5) is 0 Å². The van der Waals surface area contributed by atoms with Crippen LogP contribution in [0.1, 0.15) is 12.5 Å². The normalized spacial score (nSPS) is 11.8. The van der Waals surface area contributed by atoms with Crippen LogP contribution in [0.15, 0.2) is 30.3 Å². The molecule has 1 aromatic rings. The molecule has 0 aliphatic carbocycles. The second-order valence-corrected chi connectivity index (χ2v) is 9.89. The van der Waals surface area contributed by atoms with Crippen LogP contribution in [0, 0.1) is 23.3 Å². The lowest BCUT2D eigenvalue weighted by atomic mass is 10.2. The first-order valence-corrected chi connectivity index (χ1v) is 9.65. The molecule has 0 radical (unpaired) electrons. The number of ether oxygens (including phenoxy) is 1. The van der Waals surface area contributed by atoms with Crippen LogP contribution in [-0.2, 0) is 4.74 Å². The Bertz CT molecular complexity index is 477. The summed E-state index contributed by atoms with van der Waals surface area (Å²) in [5.41, 5.74) is 4.28. The Morgan fingerprint density at radius 2 is 1.83 bits per heavy atom. The Balaban J connectivity index is 2.41. The van der Waals surface area contributed by atoms with E-state index in [4.69, 9.17) is 4.74 Å². The molecule has 0 saturated heterocycles. The average Bonchev–Trinajstić information content (AvgIpc) is 2.32. The van der Waals surface area contributed by atoms with E-state index in [2.05, 4.69) is 42.9 Å². The molecule has 0 N–H and O–H groups in total. The molecule has 0 amide bonds. The van der Waals surface area contributed by atoms with Gasteiger partial charge in [-0.1, -0.05) is 55.6 Å². The van der Waals surface area contributed by atoms with Crippen LogP contribution in [0.25, 0.3) is 0 Å². The summed E-state index contributed by atoms with van der Waals surface area (Å²) in [5.74, 6) is 9.23. The Kier molecular flexibility index (Phi) is 5.72. The Morgan fingerprint density at radius 1 is 1.17 bits per heavy atom.